The zero-order valence-electron chi connectivity index (χ0n) is 35.2. The predicted octanol–water partition coefficient (Wildman–Crippen LogP) is 5.97. The van der Waals surface area contributed by atoms with Crippen LogP contribution in [0.25, 0.3) is 0 Å². The van der Waals surface area contributed by atoms with Crippen molar-refractivity contribution >= 4 is 41.1 Å². The lowest BCUT2D eigenvalue weighted by Gasteiger charge is -2.63. The molecule has 4 amide bonds. The molecule has 2 unspecified atom stereocenters. The Labute approximate surface area is 353 Å². The van der Waals surface area contributed by atoms with Gasteiger partial charge < -0.3 is 24.6 Å². The number of nitrogens with one attached hydrogen (secondary N) is 2. The number of halogens is 1. The zero-order valence-corrected chi connectivity index (χ0v) is 35.9. The molecule has 13 nitrogen and oxygen atoms in total. The van der Waals surface area contributed by atoms with Crippen LogP contribution < -0.4 is 20.1 Å². The van der Waals surface area contributed by atoms with Crippen LogP contribution in [0.15, 0.2) is 59.2 Å². The lowest BCUT2D eigenvalue weighted by atomic mass is 9.49. The first-order valence-corrected chi connectivity index (χ1v) is 21.3. The molecule has 0 radical (unpaired) electrons. The van der Waals surface area contributed by atoms with E-state index in [0.29, 0.717) is 52.8 Å². The number of amidine groups is 1. The third-order valence-corrected chi connectivity index (χ3v) is 12.8. The van der Waals surface area contributed by atoms with E-state index in [4.69, 9.17) is 26.1 Å². The molecule has 2 saturated heterocycles. The van der Waals surface area contributed by atoms with E-state index in [1.54, 1.807) is 48.7 Å². The number of benzene rings is 2. The number of likely N-dealkylation sites (N-methyl/N-ethyl adjacent to an activating group) is 1. The number of amides is 4. The van der Waals surface area contributed by atoms with Crippen LogP contribution in [0.3, 0.4) is 0 Å². The highest BCUT2D eigenvalue weighted by Crippen LogP contribution is 2.55. The van der Waals surface area contributed by atoms with Crippen molar-refractivity contribution in [1.29, 1.82) is 5.26 Å². The van der Waals surface area contributed by atoms with Crippen LogP contribution in [0.4, 0.5) is 0 Å². The maximum absolute atomic E-state index is 13.7. The smallest absolute Gasteiger partial charge is 0.254 e. The number of nitriles is 1. The Balaban J connectivity index is 0.888. The second-order valence-electron chi connectivity index (χ2n) is 17.4. The van der Waals surface area contributed by atoms with E-state index in [-0.39, 0.29) is 53.0 Å². The summed E-state index contributed by atoms with van der Waals surface area (Å²) < 4.78 is 12.3. The van der Waals surface area contributed by atoms with Gasteiger partial charge in [-0.15, -0.1) is 0 Å². The number of rotatable bonds is 14. The molecule has 2 aromatic carbocycles. The van der Waals surface area contributed by atoms with Crippen LogP contribution in [0.1, 0.15) is 96.0 Å². The average Bonchev–Trinajstić information content (AvgIpc) is 3.21. The third-order valence-electron chi connectivity index (χ3n) is 12.5. The van der Waals surface area contributed by atoms with Gasteiger partial charge in [-0.25, -0.2) is 4.99 Å². The number of hydrogen-bond acceptors (Lipinski definition) is 10. The molecule has 3 aliphatic heterocycles. The minimum Gasteiger partial charge on any atom is -0.494 e. The van der Waals surface area contributed by atoms with Gasteiger partial charge in [-0.05, 0) is 81.5 Å². The predicted molar refractivity (Wildman–Crippen MR) is 226 cm³/mol. The fourth-order valence-electron chi connectivity index (χ4n) is 9.39. The summed E-state index contributed by atoms with van der Waals surface area (Å²) in [6.45, 7) is 18.1. The molecule has 1 aliphatic carbocycles. The molecule has 0 bridgehead atoms. The number of unbranched alkanes of at least 4 members (excludes halogenated alkanes) is 2. The second-order valence-corrected chi connectivity index (χ2v) is 17.8. The standard InChI is InChI=1S/C45H58ClN7O6/c1-7-53(36-17-18-38(54)49-40(36)56)41(57)30-11-14-32(15-12-30)58-24-10-8-9-19-51-20-22-52(23-21-51)37-25-29(2)34(28-48-37)39(55)50-42-44(3,4)43(45(42,5)6)59-33-16-13-31(27-47)35(46)26-33/h11-16,26,28-29,36,42-43H,7-10,17-25H2,1-6H3,(H,50,55)(H,49,54,56). The molecule has 0 spiro atoms. The number of carbonyl (C=O) groups is 4. The van der Waals surface area contributed by atoms with Crippen molar-refractivity contribution in [2.45, 2.75) is 98.3 Å². The summed E-state index contributed by atoms with van der Waals surface area (Å²) in [5.74, 6) is 1.33. The van der Waals surface area contributed by atoms with Crippen LogP contribution in [-0.2, 0) is 14.4 Å². The molecule has 2 aromatic rings. The highest BCUT2D eigenvalue weighted by Gasteiger charge is 2.64. The quantitative estimate of drug-likeness (QED) is 0.173. The second kappa shape index (κ2) is 18.6. The van der Waals surface area contributed by atoms with Crippen molar-refractivity contribution in [2.24, 2.45) is 21.7 Å². The Hall–Kier alpha value is -4.93. The van der Waals surface area contributed by atoms with Crippen LogP contribution in [0, 0.1) is 28.1 Å². The molecule has 3 heterocycles. The lowest BCUT2D eigenvalue weighted by molar-refractivity contribution is -0.172. The molecule has 316 valence electrons. The van der Waals surface area contributed by atoms with E-state index in [1.807, 2.05) is 6.92 Å². The molecule has 1 saturated carbocycles. The Morgan fingerprint density at radius 3 is 2.34 bits per heavy atom. The minimum atomic E-state index is -0.645. The highest BCUT2D eigenvalue weighted by molar-refractivity contribution is 6.31. The van der Waals surface area contributed by atoms with Crippen molar-refractivity contribution in [1.82, 2.24) is 25.3 Å². The van der Waals surface area contributed by atoms with Gasteiger partial charge in [0.1, 0.15) is 35.5 Å². The van der Waals surface area contributed by atoms with Gasteiger partial charge >= 0.3 is 0 Å². The molecule has 59 heavy (non-hydrogen) atoms. The van der Waals surface area contributed by atoms with Gasteiger partial charge in [-0.3, -0.25) is 29.4 Å². The highest BCUT2D eigenvalue weighted by atomic mass is 35.5. The number of piperidine rings is 1. The van der Waals surface area contributed by atoms with E-state index in [0.717, 1.165) is 64.2 Å². The van der Waals surface area contributed by atoms with Crippen molar-refractivity contribution in [2.75, 3.05) is 45.9 Å². The Bertz CT molecular complexity index is 1980. The topological polar surface area (TPSA) is 157 Å². The number of aliphatic imine (C=N–C) groups is 1. The number of hydrogen-bond donors (Lipinski definition) is 2. The molecular weight excluding hydrogens is 770 g/mol. The van der Waals surface area contributed by atoms with E-state index in [9.17, 15) is 24.4 Å². The summed E-state index contributed by atoms with van der Waals surface area (Å²) in [4.78, 5) is 61.8. The lowest BCUT2D eigenvalue weighted by Crippen LogP contribution is -2.74. The average molecular weight is 828 g/mol. The zero-order chi connectivity index (χ0) is 42.5. The van der Waals surface area contributed by atoms with Crippen molar-refractivity contribution in [3.8, 4) is 17.6 Å². The van der Waals surface area contributed by atoms with Gasteiger partial charge in [0.05, 0.1) is 17.2 Å². The summed E-state index contributed by atoms with van der Waals surface area (Å²) in [5, 5.41) is 15.2. The number of ether oxygens (including phenoxy) is 2. The number of carbonyl (C=O) groups excluding carboxylic acids is 4. The van der Waals surface area contributed by atoms with E-state index in [2.05, 4.69) is 61.1 Å². The fraction of sp³-hybridized carbons (Fsp3) is 0.556. The first kappa shape index (κ1) is 43.6. The van der Waals surface area contributed by atoms with Crippen LogP contribution >= 0.6 is 11.6 Å². The van der Waals surface area contributed by atoms with Crippen LogP contribution in [-0.4, -0.2) is 108 Å². The third kappa shape index (κ3) is 9.76. The molecule has 6 rings (SSSR count). The van der Waals surface area contributed by atoms with E-state index in [1.165, 1.54) is 4.90 Å². The summed E-state index contributed by atoms with van der Waals surface area (Å²) in [6, 6.07) is 13.4. The molecular formula is C45H58ClN7O6. The van der Waals surface area contributed by atoms with Gasteiger partial charge in [-0.2, -0.15) is 5.26 Å². The number of nitrogens with zero attached hydrogens (tertiary/aromatic N) is 5. The largest absolute Gasteiger partial charge is 0.494 e. The minimum absolute atomic E-state index is 0.0405. The Morgan fingerprint density at radius 2 is 1.71 bits per heavy atom. The molecule has 2 N–H and O–H groups in total. The summed E-state index contributed by atoms with van der Waals surface area (Å²) in [6.07, 6.45) is 5.91. The molecule has 3 fully saturated rings. The van der Waals surface area contributed by atoms with Gasteiger partial charge in [0.2, 0.25) is 17.7 Å². The summed E-state index contributed by atoms with van der Waals surface area (Å²) in [5.41, 5.74) is 0.881. The molecule has 2 atom stereocenters. The molecule has 14 heteroatoms. The van der Waals surface area contributed by atoms with Gasteiger partial charge in [-0.1, -0.05) is 46.2 Å². The number of imide groups is 1. The summed E-state index contributed by atoms with van der Waals surface area (Å²) >= 11 is 6.26. The van der Waals surface area contributed by atoms with Crippen molar-refractivity contribution in [3.63, 3.8) is 0 Å². The maximum Gasteiger partial charge on any atom is 0.254 e. The SMILES string of the molecule is CCN(C(=O)c1ccc(OCCCCCN2CCN(C3=NC=C(C(=O)NC4C(C)(C)C(Oc5ccc(C#N)c(Cl)c5)C4(C)C)C(C)C3)CC2)cc1)C1CCC(=O)NC1=O. The molecule has 4 aliphatic rings. The Morgan fingerprint density at radius 1 is 1.02 bits per heavy atom. The van der Waals surface area contributed by atoms with E-state index >= 15 is 0 Å². The Kier molecular flexibility index (Phi) is 13.7. The monoisotopic (exact) mass is 827 g/mol. The number of piperazine rings is 1. The van der Waals surface area contributed by atoms with Gasteiger partial charge in [0.25, 0.3) is 5.91 Å². The van der Waals surface area contributed by atoms with E-state index < -0.39 is 11.9 Å². The van der Waals surface area contributed by atoms with Crippen molar-refractivity contribution in [3.05, 3.63) is 70.4 Å². The fourth-order valence-corrected chi connectivity index (χ4v) is 9.60. The normalized spacial score (nSPS) is 23.8. The maximum atomic E-state index is 13.7. The van der Waals surface area contributed by atoms with Crippen molar-refractivity contribution < 1.29 is 28.7 Å². The summed E-state index contributed by atoms with van der Waals surface area (Å²) in [7, 11) is 0. The first-order chi connectivity index (χ1) is 28.1. The van der Waals surface area contributed by atoms with Crippen LogP contribution in [0.2, 0.25) is 5.02 Å². The van der Waals surface area contributed by atoms with Gasteiger partial charge in [0, 0.05) is 85.8 Å². The van der Waals surface area contributed by atoms with Crippen LogP contribution in [0.5, 0.6) is 11.5 Å². The van der Waals surface area contributed by atoms with Gasteiger partial charge in [0.15, 0.2) is 0 Å². The first-order valence-electron chi connectivity index (χ1n) is 20.9. The molecule has 0 aromatic heterocycles.